The third-order valence-corrected chi connectivity index (χ3v) is 7.26. The van der Waals surface area contributed by atoms with E-state index >= 15 is 0 Å². The fourth-order valence-electron chi connectivity index (χ4n) is 5.55. The molecule has 0 radical (unpaired) electrons. The van der Waals surface area contributed by atoms with E-state index in [4.69, 9.17) is 4.98 Å². The summed E-state index contributed by atoms with van der Waals surface area (Å²) in [4.78, 5) is 5.19. The number of para-hydroxylation sites is 1. The lowest BCUT2D eigenvalue weighted by Gasteiger charge is -2.14. The molecule has 182 valence electrons. The van der Waals surface area contributed by atoms with Crippen molar-refractivity contribution in [2.75, 3.05) is 0 Å². The van der Waals surface area contributed by atoms with Crippen LogP contribution >= 0.6 is 0 Å². The minimum Gasteiger partial charge on any atom is -0.298 e. The molecule has 2 aromatic carbocycles. The topological polar surface area (TPSA) is 70.3 Å². The molecule has 0 saturated carbocycles. The Morgan fingerprint density at radius 1 is 0.921 bits per heavy atom. The highest BCUT2D eigenvalue weighted by Gasteiger charge is 2.22. The van der Waals surface area contributed by atoms with E-state index in [9.17, 15) is 10.5 Å². The van der Waals surface area contributed by atoms with Gasteiger partial charge in [-0.05, 0) is 80.3 Å². The molecule has 5 aromatic rings. The monoisotopic (exact) mass is 491 g/mol. The maximum atomic E-state index is 9.52. The minimum atomic E-state index is 0.578. The number of nitrogens with zero attached hydrogens (tertiary/aromatic N) is 5. The number of fused-ring (bicyclic) bond motifs is 4. The first-order valence-corrected chi connectivity index (χ1v) is 12.6. The van der Waals surface area contributed by atoms with Gasteiger partial charge in [-0.25, -0.2) is 4.98 Å². The van der Waals surface area contributed by atoms with Crippen molar-refractivity contribution in [3.05, 3.63) is 113 Å². The fourth-order valence-corrected chi connectivity index (χ4v) is 5.55. The second kappa shape index (κ2) is 9.07. The summed E-state index contributed by atoms with van der Waals surface area (Å²) >= 11 is 0. The summed E-state index contributed by atoms with van der Waals surface area (Å²) in [6.07, 6.45) is 7.96. The van der Waals surface area contributed by atoms with Gasteiger partial charge in [0.2, 0.25) is 0 Å². The molecule has 0 atom stereocenters. The molecule has 0 amide bonds. The van der Waals surface area contributed by atoms with Crippen molar-refractivity contribution in [3.8, 4) is 23.8 Å². The van der Waals surface area contributed by atoms with Gasteiger partial charge in [0.15, 0.2) is 0 Å². The SMILES string of the molecule is C=C1CC=CCc2c1n(-c1cccc(-n3c(C)c(/C=C(\C)C#N)c4cc(C#N)ccc43)n1)c1ccccc21. The summed E-state index contributed by atoms with van der Waals surface area (Å²) in [6, 6.07) is 24.6. The Bertz CT molecular complexity index is 1930. The van der Waals surface area contributed by atoms with Crippen LogP contribution in [0.3, 0.4) is 0 Å². The zero-order valence-corrected chi connectivity index (χ0v) is 21.4. The highest BCUT2D eigenvalue weighted by molar-refractivity contribution is 5.94. The number of nitriles is 2. The number of rotatable bonds is 3. The van der Waals surface area contributed by atoms with E-state index in [-0.39, 0.29) is 0 Å². The van der Waals surface area contributed by atoms with Crippen molar-refractivity contribution in [1.29, 1.82) is 10.5 Å². The van der Waals surface area contributed by atoms with Crippen LogP contribution < -0.4 is 0 Å². The average molecular weight is 492 g/mol. The Balaban J connectivity index is 1.62. The van der Waals surface area contributed by atoms with Crippen LogP contribution in [0.25, 0.3) is 45.1 Å². The van der Waals surface area contributed by atoms with Gasteiger partial charge in [0.05, 0.1) is 34.4 Å². The van der Waals surface area contributed by atoms with Gasteiger partial charge < -0.3 is 0 Å². The molecule has 0 saturated heterocycles. The molecule has 0 fully saturated rings. The molecule has 0 aliphatic heterocycles. The van der Waals surface area contributed by atoms with Gasteiger partial charge >= 0.3 is 0 Å². The van der Waals surface area contributed by atoms with Crippen LogP contribution in [0.2, 0.25) is 0 Å². The third kappa shape index (κ3) is 3.57. The molecule has 3 aromatic heterocycles. The van der Waals surface area contributed by atoms with Gasteiger partial charge in [-0.15, -0.1) is 0 Å². The van der Waals surface area contributed by atoms with Gasteiger partial charge in [0.1, 0.15) is 11.6 Å². The molecule has 1 aliphatic carbocycles. The third-order valence-electron chi connectivity index (χ3n) is 7.26. The normalized spacial score (nSPS) is 13.4. The molecule has 0 N–H and O–H groups in total. The Kier molecular flexibility index (Phi) is 5.56. The molecule has 38 heavy (non-hydrogen) atoms. The van der Waals surface area contributed by atoms with E-state index in [0.29, 0.717) is 11.1 Å². The number of aromatic nitrogens is 3. The van der Waals surface area contributed by atoms with Gasteiger partial charge in [-0.1, -0.05) is 43.0 Å². The van der Waals surface area contributed by atoms with E-state index in [0.717, 1.165) is 63.4 Å². The second-order valence-electron chi connectivity index (χ2n) is 9.63. The predicted molar refractivity (Wildman–Crippen MR) is 153 cm³/mol. The van der Waals surface area contributed by atoms with Gasteiger partial charge in [0.25, 0.3) is 0 Å². The van der Waals surface area contributed by atoms with Crippen molar-refractivity contribution in [1.82, 2.24) is 14.1 Å². The Morgan fingerprint density at radius 3 is 2.45 bits per heavy atom. The van der Waals surface area contributed by atoms with Crippen LogP contribution in [0.5, 0.6) is 0 Å². The molecule has 6 rings (SSSR count). The first kappa shape index (κ1) is 23.3. The smallest absolute Gasteiger partial charge is 0.140 e. The predicted octanol–water partition coefficient (Wildman–Crippen LogP) is 7.59. The van der Waals surface area contributed by atoms with Crippen molar-refractivity contribution in [2.45, 2.75) is 26.7 Å². The van der Waals surface area contributed by atoms with Gasteiger partial charge in [-0.2, -0.15) is 10.5 Å². The van der Waals surface area contributed by atoms with Crippen molar-refractivity contribution in [3.63, 3.8) is 0 Å². The summed E-state index contributed by atoms with van der Waals surface area (Å²) in [5, 5.41) is 21.1. The number of hydrogen-bond donors (Lipinski definition) is 0. The summed E-state index contributed by atoms with van der Waals surface area (Å²) in [6.45, 7) is 8.24. The van der Waals surface area contributed by atoms with E-state index in [1.54, 1.807) is 6.92 Å². The molecule has 5 nitrogen and oxygen atoms in total. The lowest BCUT2D eigenvalue weighted by molar-refractivity contribution is 0.943. The van der Waals surface area contributed by atoms with Crippen molar-refractivity contribution >= 4 is 33.5 Å². The average Bonchev–Trinajstić information content (AvgIpc) is 3.33. The van der Waals surface area contributed by atoms with Gasteiger partial charge in [-0.3, -0.25) is 9.13 Å². The molecular formula is C33H25N5. The zero-order chi connectivity index (χ0) is 26.4. The summed E-state index contributed by atoms with van der Waals surface area (Å²) < 4.78 is 4.34. The van der Waals surface area contributed by atoms with Crippen LogP contribution in [0.15, 0.2) is 85.0 Å². The summed E-state index contributed by atoms with van der Waals surface area (Å²) in [7, 11) is 0. The lowest BCUT2D eigenvalue weighted by atomic mass is 10.1. The molecule has 0 bridgehead atoms. The number of pyridine rings is 1. The van der Waals surface area contributed by atoms with Crippen LogP contribution in [0.4, 0.5) is 0 Å². The minimum absolute atomic E-state index is 0.578. The second-order valence-corrected chi connectivity index (χ2v) is 9.63. The van der Waals surface area contributed by atoms with E-state index in [1.807, 2.05) is 49.4 Å². The fraction of sp³-hybridized carbons (Fsp3) is 0.121. The Morgan fingerprint density at radius 2 is 1.66 bits per heavy atom. The van der Waals surface area contributed by atoms with Crippen molar-refractivity contribution < 1.29 is 0 Å². The number of hydrogen-bond acceptors (Lipinski definition) is 3. The highest BCUT2D eigenvalue weighted by atomic mass is 15.1. The maximum absolute atomic E-state index is 9.52. The van der Waals surface area contributed by atoms with E-state index in [2.05, 4.69) is 64.3 Å². The molecule has 1 aliphatic rings. The van der Waals surface area contributed by atoms with Crippen LogP contribution in [0, 0.1) is 29.6 Å². The molecule has 0 spiro atoms. The maximum Gasteiger partial charge on any atom is 0.140 e. The summed E-state index contributed by atoms with van der Waals surface area (Å²) in [5.74, 6) is 1.59. The van der Waals surface area contributed by atoms with Crippen molar-refractivity contribution in [2.24, 2.45) is 0 Å². The molecule has 5 heteroatoms. The van der Waals surface area contributed by atoms with Gasteiger partial charge in [0, 0.05) is 27.6 Å². The number of allylic oxidation sites excluding steroid dienone is 4. The zero-order valence-electron chi connectivity index (χ0n) is 21.4. The lowest BCUT2D eigenvalue weighted by Crippen LogP contribution is -2.06. The largest absolute Gasteiger partial charge is 0.298 e. The van der Waals surface area contributed by atoms with E-state index in [1.165, 1.54) is 10.9 Å². The Hall–Kier alpha value is -5.13. The first-order chi connectivity index (χ1) is 18.5. The number of benzene rings is 2. The Labute approximate surface area is 221 Å². The quantitative estimate of drug-likeness (QED) is 0.193. The molecule has 0 unspecified atom stereocenters. The van der Waals surface area contributed by atoms with Crippen LogP contribution in [0.1, 0.15) is 41.4 Å². The standard InChI is InChI=1S/C33H25N5/c1-21(19-34)17-27-23(3)37(30-16-15-24(20-35)18-28(27)30)31-13-8-14-32(36-31)38-29-12-7-6-10-25(29)26-11-5-4-9-22(2)33(26)38/h4-8,10,12-18H,2,9,11H2,1,3H3/b21-17+. The molecular weight excluding hydrogens is 466 g/mol. The highest BCUT2D eigenvalue weighted by Crippen LogP contribution is 2.37. The first-order valence-electron chi connectivity index (χ1n) is 12.6. The van der Waals surface area contributed by atoms with Crippen LogP contribution in [-0.4, -0.2) is 14.1 Å². The molecule has 3 heterocycles. The van der Waals surface area contributed by atoms with Crippen LogP contribution in [-0.2, 0) is 6.42 Å². The summed E-state index contributed by atoms with van der Waals surface area (Å²) in [5.41, 5.74) is 8.58. The van der Waals surface area contributed by atoms with E-state index < -0.39 is 0 Å².